The molecule has 0 aliphatic heterocycles. The number of hydrogen-bond acceptors (Lipinski definition) is 3. The van der Waals surface area contributed by atoms with E-state index in [1.807, 2.05) is 0 Å². The van der Waals surface area contributed by atoms with Crippen molar-refractivity contribution in [3.05, 3.63) is 11.6 Å². The van der Waals surface area contributed by atoms with Crippen molar-refractivity contribution in [1.29, 1.82) is 0 Å². The molecule has 0 amide bonds. The van der Waals surface area contributed by atoms with Crippen LogP contribution in [0.15, 0.2) is 11.6 Å². The Morgan fingerprint density at radius 1 is 2.00 bits per heavy atom. The van der Waals surface area contributed by atoms with Crippen LogP contribution in [0, 0.1) is 0 Å². The molecule has 0 aromatic carbocycles. The van der Waals surface area contributed by atoms with Crippen LogP contribution in [0.4, 0.5) is 0 Å². The van der Waals surface area contributed by atoms with Crippen LogP contribution < -0.4 is 5.73 Å². The minimum atomic E-state index is -2.28. The van der Waals surface area contributed by atoms with Gasteiger partial charge >= 0.3 is 0 Å². The van der Waals surface area contributed by atoms with Crippen molar-refractivity contribution in [2.75, 3.05) is 0 Å². The maximum atomic E-state index is 9.47. The third-order valence-corrected chi connectivity index (χ3v) is 0.642. The molecule has 0 radical (unpaired) electrons. The van der Waals surface area contributed by atoms with Crippen LogP contribution in [0.3, 0.4) is 0 Å². The lowest BCUT2D eigenvalue weighted by molar-refractivity contribution is 0.543. The summed E-state index contributed by atoms with van der Waals surface area (Å²) < 4.78 is 18.9. The summed E-state index contributed by atoms with van der Waals surface area (Å²) in [6.07, 6.45) is 0. The molecule has 0 heterocycles. The molecule has 0 saturated carbocycles. The Kier molecular flexibility index (Phi) is 1.83. The van der Waals surface area contributed by atoms with E-state index in [-0.39, 0.29) is 5.03 Å². The van der Waals surface area contributed by atoms with Crippen LogP contribution in [0.25, 0.3) is 0 Å². The molecule has 0 rings (SSSR count). The van der Waals surface area contributed by atoms with Gasteiger partial charge in [0.1, 0.15) is 0 Å². The molecule has 6 heavy (non-hydrogen) atoms. The first-order valence-corrected chi connectivity index (χ1v) is 2.25. The second-order valence-electron chi connectivity index (χ2n) is 0.701. The third-order valence-electron chi connectivity index (χ3n) is 0.214. The molecule has 0 spiro atoms. The van der Waals surface area contributed by atoms with E-state index >= 15 is 0 Å². The van der Waals surface area contributed by atoms with Gasteiger partial charge in [0.25, 0.3) is 0 Å². The molecule has 4 heteroatoms. The molecule has 1 unspecified atom stereocenters. The van der Waals surface area contributed by atoms with Crippen molar-refractivity contribution < 1.29 is 8.76 Å². The van der Waals surface area contributed by atoms with E-state index in [1.165, 1.54) is 0 Å². The zero-order valence-electron chi connectivity index (χ0n) is 3.01. The van der Waals surface area contributed by atoms with Gasteiger partial charge in [0.15, 0.2) is 0 Å². The van der Waals surface area contributed by atoms with Gasteiger partial charge in [0.2, 0.25) is 0 Å². The van der Waals surface area contributed by atoms with Gasteiger partial charge in [0.05, 0.1) is 5.03 Å². The van der Waals surface area contributed by atoms with E-state index in [9.17, 15) is 8.76 Å². The first-order chi connectivity index (χ1) is 2.64. The van der Waals surface area contributed by atoms with Crippen molar-refractivity contribution >= 4 is 11.1 Å². The van der Waals surface area contributed by atoms with Crippen LogP contribution in [-0.2, 0) is 11.1 Å². The first-order valence-electron chi connectivity index (χ1n) is 1.18. The van der Waals surface area contributed by atoms with Gasteiger partial charge in [-0.05, 0) is 11.1 Å². The molecular weight excluding hydrogens is 102 g/mol. The van der Waals surface area contributed by atoms with Crippen molar-refractivity contribution in [1.82, 2.24) is 0 Å². The average molecular weight is 106 g/mol. The fourth-order valence-electron chi connectivity index (χ4n) is 0. The molecule has 0 aromatic heterocycles. The Labute approximate surface area is 38.1 Å². The monoisotopic (exact) mass is 106 g/mol. The van der Waals surface area contributed by atoms with E-state index in [2.05, 4.69) is 12.3 Å². The zero-order valence-corrected chi connectivity index (χ0v) is 3.83. The van der Waals surface area contributed by atoms with Crippen molar-refractivity contribution in [2.45, 2.75) is 0 Å². The molecule has 2 N–H and O–H groups in total. The molecule has 3 nitrogen and oxygen atoms in total. The SMILES string of the molecule is C=C(N)S(=O)[O-]. The summed E-state index contributed by atoms with van der Waals surface area (Å²) in [6, 6.07) is 0. The number of hydrogen-bond donors (Lipinski definition) is 1. The predicted octanol–water partition coefficient (Wildman–Crippen LogP) is -0.705. The highest BCUT2D eigenvalue weighted by Gasteiger charge is 1.74. The van der Waals surface area contributed by atoms with Gasteiger partial charge in [-0.15, -0.1) is 0 Å². The Balaban J connectivity index is 3.57. The van der Waals surface area contributed by atoms with Crippen LogP contribution >= 0.6 is 0 Å². The van der Waals surface area contributed by atoms with E-state index in [0.29, 0.717) is 0 Å². The highest BCUT2D eigenvalue weighted by molar-refractivity contribution is 7.83. The lowest BCUT2D eigenvalue weighted by Crippen LogP contribution is -2.00. The van der Waals surface area contributed by atoms with Gasteiger partial charge in [-0.2, -0.15) is 0 Å². The number of nitrogens with two attached hydrogens (primary N) is 1. The molecule has 0 aromatic rings. The highest BCUT2D eigenvalue weighted by atomic mass is 32.2. The molecule has 36 valence electrons. The first kappa shape index (κ1) is 5.65. The predicted molar refractivity (Wildman–Crippen MR) is 22.2 cm³/mol. The standard InChI is InChI=1S/C2H5NO2S/c1-2(3)6(4)5/h1,3H2,(H,4,5)/p-1. The molecule has 0 aliphatic carbocycles. The minimum Gasteiger partial charge on any atom is -0.767 e. The largest absolute Gasteiger partial charge is 0.767 e. The van der Waals surface area contributed by atoms with Gasteiger partial charge in [0, 0.05) is 0 Å². The summed E-state index contributed by atoms with van der Waals surface area (Å²) in [7, 11) is 0. The summed E-state index contributed by atoms with van der Waals surface area (Å²) in [5.41, 5.74) is 4.63. The summed E-state index contributed by atoms with van der Waals surface area (Å²) in [5, 5.41) is -0.324. The Morgan fingerprint density at radius 3 is 2.17 bits per heavy atom. The molecular formula is C2H4NO2S-. The van der Waals surface area contributed by atoms with Crippen LogP contribution in [0.1, 0.15) is 0 Å². The summed E-state index contributed by atoms with van der Waals surface area (Å²) >= 11 is -2.28. The van der Waals surface area contributed by atoms with Gasteiger partial charge in [-0.1, -0.05) is 6.58 Å². The quantitative estimate of drug-likeness (QED) is 0.449. The molecule has 0 bridgehead atoms. The second kappa shape index (κ2) is 1.94. The van der Waals surface area contributed by atoms with Gasteiger partial charge in [-0.25, -0.2) is 0 Å². The van der Waals surface area contributed by atoms with E-state index in [4.69, 9.17) is 0 Å². The second-order valence-corrected chi connectivity index (χ2v) is 1.69. The topological polar surface area (TPSA) is 66.2 Å². The smallest absolute Gasteiger partial charge is 0.0755 e. The van der Waals surface area contributed by atoms with Crippen LogP contribution in [-0.4, -0.2) is 8.76 Å². The third kappa shape index (κ3) is 1.92. The highest BCUT2D eigenvalue weighted by Crippen LogP contribution is 1.77. The number of rotatable bonds is 1. The van der Waals surface area contributed by atoms with Gasteiger partial charge in [-0.3, -0.25) is 4.21 Å². The molecule has 0 aliphatic rings. The molecule has 0 saturated heterocycles. The van der Waals surface area contributed by atoms with E-state index < -0.39 is 11.1 Å². The summed E-state index contributed by atoms with van der Waals surface area (Å²) in [5.74, 6) is 0. The molecule has 1 atom stereocenters. The lowest BCUT2D eigenvalue weighted by atomic mass is 11.1. The van der Waals surface area contributed by atoms with Crippen molar-refractivity contribution in [3.8, 4) is 0 Å². The minimum absolute atomic E-state index is 0.324. The molecule has 0 fully saturated rings. The Hall–Kier alpha value is -0.350. The summed E-state index contributed by atoms with van der Waals surface area (Å²) in [6.45, 7) is 2.92. The van der Waals surface area contributed by atoms with Crippen LogP contribution in [0.2, 0.25) is 0 Å². The van der Waals surface area contributed by atoms with E-state index in [0.717, 1.165) is 0 Å². The summed E-state index contributed by atoms with van der Waals surface area (Å²) in [4.78, 5) is 0. The average Bonchev–Trinajstić information content (AvgIpc) is 1.36. The fourth-order valence-corrected chi connectivity index (χ4v) is 0. The fraction of sp³-hybridized carbons (Fsp3) is 0. The van der Waals surface area contributed by atoms with Crippen molar-refractivity contribution in [2.24, 2.45) is 5.73 Å². The van der Waals surface area contributed by atoms with E-state index in [1.54, 1.807) is 0 Å². The maximum absolute atomic E-state index is 9.47. The normalized spacial score (nSPS) is 13.5. The maximum Gasteiger partial charge on any atom is 0.0755 e. The lowest BCUT2D eigenvalue weighted by Gasteiger charge is -1.98. The van der Waals surface area contributed by atoms with Crippen molar-refractivity contribution in [3.63, 3.8) is 0 Å². The zero-order chi connectivity index (χ0) is 5.15. The van der Waals surface area contributed by atoms with Gasteiger partial charge < -0.3 is 10.3 Å². The Morgan fingerprint density at radius 2 is 2.17 bits per heavy atom. The van der Waals surface area contributed by atoms with Crippen LogP contribution in [0.5, 0.6) is 0 Å². The Bertz CT molecular complexity index is 77.5.